The summed E-state index contributed by atoms with van der Waals surface area (Å²) in [5.41, 5.74) is -0.357. The Morgan fingerprint density at radius 3 is 2.57 bits per heavy atom. The van der Waals surface area contributed by atoms with Crippen LogP contribution in [-0.2, 0) is 4.79 Å². The van der Waals surface area contributed by atoms with Gasteiger partial charge in [-0.25, -0.2) is 0 Å². The normalized spacial score (nSPS) is 43.1. The summed E-state index contributed by atoms with van der Waals surface area (Å²) in [5.74, 6) is 0.0225. The molecule has 5 nitrogen and oxygen atoms in total. The molecule has 3 aliphatic rings. The zero-order valence-corrected chi connectivity index (χ0v) is 17.1. The zero-order valence-electron chi connectivity index (χ0n) is 17.1. The van der Waals surface area contributed by atoms with Crippen LogP contribution in [0.3, 0.4) is 0 Å². The van der Waals surface area contributed by atoms with Gasteiger partial charge in [-0.1, -0.05) is 51.8 Å². The molecule has 0 unspecified atom stereocenters. The predicted molar refractivity (Wildman–Crippen MR) is 107 cm³/mol. The van der Waals surface area contributed by atoms with E-state index in [4.69, 9.17) is 0 Å². The number of fused-ring (bicyclic) bond motifs is 3. The van der Waals surface area contributed by atoms with E-state index in [-0.39, 0.29) is 34.6 Å². The first-order chi connectivity index (χ1) is 13.1. The van der Waals surface area contributed by atoms with Crippen molar-refractivity contribution < 1.29 is 14.8 Å². The number of hydrogen-bond donors (Lipinski definition) is 1. The third-order valence-corrected chi connectivity index (χ3v) is 9.07. The summed E-state index contributed by atoms with van der Waals surface area (Å²) in [5, 5.41) is 23.1. The summed E-state index contributed by atoms with van der Waals surface area (Å²) in [6.45, 7) is 7.01. The lowest BCUT2D eigenvalue weighted by molar-refractivity contribution is -0.385. The molecule has 152 valence electrons. The summed E-state index contributed by atoms with van der Waals surface area (Å²) in [7, 11) is 0. The van der Waals surface area contributed by atoms with Gasteiger partial charge in [-0.2, -0.15) is 0 Å². The van der Waals surface area contributed by atoms with Crippen molar-refractivity contribution >= 4 is 11.5 Å². The highest BCUT2D eigenvalue weighted by molar-refractivity contribution is 5.88. The predicted octanol–water partition coefficient (Wildman–Crippen LogP) is 5.02. The first kappa shape index (κ1) is 19.6. The minimum Gasteiger partial charge on any atom is -0.389 e. The van der Waals surface area contributed by atoms with Gasteiger partial charge >= 0.3 is 0 Å². The van der Waals surface area contributed by atoms with Crippen LogP contribution in [0.4, 0.5) is 5.69 Å². The number of hydrogen-bond acceptors (Lipinski definition) is 4. The van der Waals surface area contributed by atoms with E-state index in [0.717, 1.165) is 19.3 Å². The lowest BCUT2D eigenvalue weighted by atomic mass is 9.39. The van der Waals surface area contributed by atoms with Crippen LogP contribution in [0, 0.1) is 32.8 Å². The molecule has 0 radical (unpaired) electrons. The molecule has 0 aromatic heterocycles. The zero-order chi connectivity index (χ0) is 20.3. The SMILES string of the molecule is C[C@@H]1CCC[C@@]2(C)[C@@H]3C[C@H](c4ccccc4[N+](=O)[O-])C(=O)C[C@@]3(O)CC[C@@]12C. The van der Waals surface area contributed by atoms with Crippen LogP contribution in [0.25, 0.3) is 0 Å². The van der Waals surface area contributed by atoms with Crippen molar-refractivity contribution in [2.75, 3.05) is 0 Å². The molecule has 28 heavy (non-hydrogen) atoms. The molecule has 0 saturated heterocycles. The van der Waals surface area contributed by atoms with E-state index in [9.17, 15) is 20.0 Å². The van der Waals surface area contributed by atoms with Crippen molar-refractivity contribution in [1.82, 2.24) is 0 Å². The van der Waals surface area contributed by atoms with Crippen LogP contribution in [0.1, 0.15) is 77.2 Å². The van der Waals surface area contributed by atoms with Crippen LogP contribution >= 0.6 is 0 Å². The monoisotopic (exact) mass is 385 g/mol. The van der Waals surface area contributed by atoms with E-state index >= 15 is 0 Å². The van der Waals surface area contributed by atoms with E-state index in [1.807, 2.05) is 0 Å². The minimum absolute atomic E-state index is 0.0102. The van der Waals surface area contributed by atoms with Crippen LogP contribution < -0.4 is 0 Å². The van der Waals surface area contributed by atoms with Gasteiger partial charge in [0.2, 0.25) is 0 Å². The molecular formula is C23H31NO4. The van der Waals surface area contributed by atoms with Crippen molar-refractivity contribution in [2.24, 2.45) is 22.7 Å². The molecule has 1 aromatic carbocycles. The Hall–Kier alpha value is -1.75. The Labute approximate surface area is 166 Å². The number of Topliss-reactive ketones (excluding diaryl/α,β-unsaturated/α-hetero) is 1. The van der Waals surface area contributed by atoms with Crippen LogP contribution in [0.15, 0.2) is 24.3 Å². The summed E-state index contributed by atoms with van der Waals surface area (Å²) in [4.78, 5) is 24.2. The molecule has 0 heterocycles. The quantitative estimate of drug-likeness (QED) is 0.573. The highest BCUT2D eigenvalue weighted by Crippen LogP contribution is 2.68. The van der Waals surface area contributed by atoms with Crippen LogP contribution in [0.5, 0.6) is 0 Å². The summed E-state index contributed by atoms with van der Waals surface area (Å²) >= 11 is 0. The molecule has 5 heteroatoms. The second kappa shape index (κ2) is 6.38. The third kappa shape index (κ3) is 2.58. The Bertz CT molecular complexity index is 823. The molecule has 0 spiro atoms. The molecule has 0 amide bonds. The average molecular weight is 386 g/mol. The second-order valence-corrected chi connectivity index (χ2v) is 10.0. The highest BCUT2D eigenvalue weighted by atomic mass is 16.6. The largest absolute Gasteiger partial charge is 0.389 e. The molecule has 3 saturated carbocycles. The van der Waals surface area contributed by atoms with Crippen LogP contribution in [-0.4, -0.2) is 21.4 Å². The van der Waals surface area contributed by atoms with Gasteiger partial charge in [0.15, 0.2) is 0 Å². The van der Waals surface area contributed by atoms with Gasteiger partial charge in [-0.3, -0.25) is 14.9 Å². The lowest BCUT2D eigenvalue weighted by Crippen LogP contribution is -2.63. The molecule has 4 rings (SSSR count). The van der Waals surface area contributed by atoms with Gasteiger partial charge in [0.25, 0.3) is 5.69 Å². The average Bonchev–Trinajstić information content (AvgIpc) is 2.64. The molecular weight excluding hydrogens is 354 g/mol. The molecule has 3 fully saturated rings. The van der Waals surface area contributed by atoms with Crippen LogP contribution in [0.2, 0.25) is 0 Å². The van der Waals surface area contributed by atoms with Gasteiger partial charge in [0.05, 0.1) is 10.5 Å². The number of nitro groups is 1. The third-order valence-electron chi connectivity index (χ3n) is 9.07. The minimum atomic E-state index is -0.970. The fraction of sp³-hybridized carbons (Fsp3) is 0.696. The molecule has 0 aliphatic heterocycles. The number of rotatable bonds is 2. The smallest absolute Gasteiger partial charge is 0.273 e. The number of nitrogens with zero attached hydrogens (tertiary/aromatic N) is 1. The number of aliphatic hydroxyl groups is 1. The standard InChI is InChI=1S/C23H31NO4/c1-15-7-6-10-22(3)20-13-17(16-8-4-5-9-18(16)24(27)28)19(25)14-23(20,26)12-11-21(15,22)2/h4-5,8-9,15,17,20,26H,6-7,10-14H2,1-3H3/t15-,17-,20+,21+,22+,23+/m1/s1. The highest BCUT2D eigenvalue weighted by Gasteiger charge is 2.64. The Morgan fingerprint density at radius 1 is 1.14 bits per heavy atom. The number of benzene rings is 1. The fourth-order valence-corrected chi connectivity index (χ4v) is 7.02. The number of carbonyl (C=O) groups excluding carboxylic acids is 1. The van der Waals surface area contributed by atoms with Gasteiger partial charge in [-0.05, 0) is 48.3 Å². The Kier molecular flexibility index (Phi) is 4.46. The van der Waals surface area contributed by atoms with Crippen molar-refractivity contribution in [3.63, 3.8) is 0 Å². The first-order valence-corrected chi connectivity index (χ1v) is 10.6. The maximum absolute atomic E-state index is 13.1. The summed E-state index contributed by atoms with van der Waals surface area (Å²) in [6, 6.07) is 6.62. The van der Waals surface area contributed by atoms with E-state index < -0.39 is 16.4 Å². The van der Waals surface area contributed by atoms with Gasteiger partial charge in [0, 0.05) is 24.0 Å². The van der Waals surface area contributed by atoms with Crippen molar-refractivity contribution in [2.45, 2.75) is 77.2 Å². The maximum Gasteiger partial charge on any atom is 0.273 e. The number of carbonyl (C=O) groups is 1. The van der Waals surface area contributed by atoms with E-state index in [1.165, 1.54) is 12.5 Å². The number of ketones is 1. The molecule has 1 aromatic rings. The Morgan fingerprint density at radius 2 is 1.86 bits per heavy atom. The number of nitro benzene ring substituents is 1. The van der Waals surface area contributed by atoms with Gasteiger partial charge in [0.1, 0.15) is 5.78 Å². The van der Waals surface area contributed by atoms with Gasteiger partial charge in [-0.15, -0.1) is 0 Å². The maximum atomic E-state index is 13.1. The van der Waals surface area contributed by atoms with Crippen molar-refractivity contribution in [1.29, 1.82) is 0 Å². The van der Waals surface area contributed by atoms with E-state index in [2.05, 4.69) is 20.8 Å². The lowest BCUT2D eigenvalue weighted by Gasteiger charge is -2.66. The molecule has 1 N–H and O–H groups in total. The van der Waals surface area contributed by atoms with Gasteiger partial charge < -0.3 is 5.11 Å². The Balaban J connectivity index is 1.77. The summed E-state index contributed by atoms with van der Waals surface area (Å²) < 4.78 is 0. The van der Waals surface area contributed by atoms with Crippen molar-refractivity contribution in [3.8, 4) is 0 Å². The number of para-hydroxylation sites is 1. The van der Waals surface area contributed by atoms with Crippen molar-refractivity contribution in [3.05, 3.63) is 39.9 Å². The first-order valence-electron chi connectivity index (χ1n) is 10.6. The fourth-order valence-electron chi connectivity index (χ4n) is 7.02. The topological polar surface area (TPSA) is 80.4 Å². The molecule has 6 atom stereocenters. The molecule has 0 bridgehead atoms. The molecule has 3 aliphatic carbocycles. The second-order valence-electron chi connectivity index (χ2n) is 10.0. The summed E-state index contributed by atoms with van der Waals surface area (Å²) in [6.07, 6.45) is 5.64. The van der Waals surface area contributed by atoms with E-state index in [0.29, 0.717) is 24.3 Å². The van der Waals surface area contributed by atoms with E-state index in [1.54, 1.807) is 18.2 Å².